The lowest BCUT2D eigenvalue weighted by molar-refractivity contribution is -0.140. The van der Waals surface area contributed by atoms with Crippen molar-refractivity contribution >= 4 is 23.7 Å². The van der Waals surface area contributed by atoms with Gasteiger partial charge >= 0.3 is 12.1 Å². The van der Waals surface area contributed by atoms with Gasteiger partial charge < -0.3 is 15.6 Å². The first-order valence-electron chi connectivity index (χ1n) is 5.21. The molecule has 0 aliphatic carbocycles. The number of carbonyl (C=O) groups excluding carboxylic acids is 1. The van der Waals surface area contributed by atoms with E-state index in [1.165, 1.54) is 12.3 Å². The number of aliphatic carboxylic acids is 1. The maximum atomic E-state index is 11.8. The van der Waals surface area contributed by atoms with Crippen molar-refractivity contribution in [2.45, 2.75) is 32.4 Å². The van der Waals surface area contributed by atoms with E-state index in [0.29, 0.717) is 0 Å². The zero-order valence-corrected chi connectivity index (χ0v) is 11.1. The Bertz CT molecular complexity index is 437. The van der Waals surface area contributed by atoms with Crippen LogP contribution in [0.25, 0.3) is 0 Å². The van der Waals surface area contributed by atoms with Gasteiger partial charge in [0.15, 0.2) is 6.04 Å². The third-order valence-corrected chi connectivity index (χ3v) is 2.41. The SMILES string of the molecule is CC(C)(C)OC(=O)N1C=CC(Cl)=C(N)C1C(=O)O. The van der Waals surface area contributed by atoms with Crippen LogP contribution in [0.4, 0.5) is 4.79 Å². The van der Waals surface area contributed by atoms with Crippen LogP contribution in [0.2, 0.25) is 0 Å². The van der Waals surface area contributed by atoms with Gasteiger partial charge in [-0.2, -0.15) is 0 Å². The number of nitrogens with zero attached hydrogens (tertiary/aromatic N) is 1. The third-order valence-electron chi connectivity index (χ3n) is 2.07. The normalized spacial score (nSPS) is 20.0. The Hall–Kier alpha value is -1.69. The molecule has 1 aliphatic heterocycles. The number of nitrogens with two attached hydrogens (primary N) is 1. The zero-order valence-electron chi connectivity index (χ0n) is 10.3. The molecule has 0 saturated heterocycles. The van der Waals surface area contributed by atoms with E-state index in [4.69, 9.17) is 27.2 Å². The Kier molecular flexibility index (Phi) is 3.91. The maximum absolute atomic E-state index is 11.8. The smallest absolute Gasteiger partial charge is 0.415 e. The molecule has 1 atom stereocenters. The summed E-state index contributed by atoms with van der Waals surface area (Å²) >= 11 is 5.73. The molecule has 0 aromatic rings. The minimum absolute atomic E-state index is 0.0993. The number of amides is 1. The minimum atomic E-state index is -1.35. The molecule has 18 heavy (non-hydrogen) atoms. The number of halogens is 1. The first-order chi connectivity index (χ1) is 8.13. The van der Waals surface area contributed by atoms with Crippen molar-refractivity contribution in [1.82, 2.24) is 4.90 Å². The van der Waals surface area contributed by atoms with E-state index >= 15 is 0 Å². The Morgan fingerprint density at radius 2 is 2.06 bits per heavy atom. The molecular weight excluding hydrogens is 260 g/mol. The molecule has 6 nitrogen and oxygen atoms in total. The van der Waals surface area contributed by atoms with Gasteiger partial charge in [0, 0.05) is 6.20 Å². The Balaban J connectivity index is 2.99. The fourth-order valence-corrected chi connectivity index (χ4v) is 1.50. The van der Waals surface area contributed by atoms with Crippen molar-refractivity contribution in [3.63, 3.8) is 0 Å². The molecule has 1 amide bonds. The van der Waals surface area contributed by atoms with E-state index in [1.54, 1.807) is 20.8 Å². The zero-order chi connectivity index (χ0) is 14.1. The lowest BCUT2D eigenvalue weighted by atomic mass is 10.1. The van der Waals surface area contributed by atoms with Crippen molar-refractivity contribution in [3.05, 3.63) is 23.0 Å². The van der Waals surface area contributed by atoms with Crippen LogP contribution < -0.4 is 5.73 Å². The van der Waals surface area contributed by atoms with Crippen LogP contribution in [0, 0.1) is 0 Å². The van der Waals surface area contributed by atoms with E-state index in [9.17, 15) is 9.59 Å². The highest BCUT2D eigenvalue weighted by Crippen LogP contribution is 2.23. The average Bonchev–Trinajstić information content (AvgIpc) is 2.18. The maximum Gasteiger partial charge on any atom is 0.415 e. The molecule has 100 valence electrons. The van der Waals surface area contributed by atoms with Crippen LogP contribution in [-0.2, 0) is 9.53 Å². The summed E-state index contributed by atoms with van der Waals surface area (Å²) in [5.41, 5.74) is 4.75. The highest BCUT2D eigenvalue weighted by atomic mass is 35.5. The van der Waals surface area contributed by atoms with Crippen LogP contribution in [0.1, 0.15) is 20.8 Å². The van der Waals surface area contributed by atoms with Gasteiger partial charge in [0.25, 0.3) is 0 Å². The second-order valence-corrected chi connectivity index (χ2v) is 5.15. The molecule has 0 aromatic carbocycles. The molecular formula is C11H15ClN2O4. The summed E-state index contributed by atoms with van der Waals surface area (Å²) in [6, 6.07) is -1.35. The van der Waals surface area contributed by atoms with Gasteiger partial charge in [-0.1, -0.05) is 11.6 Å². The van der Waals surface area contributed by atoms with Crippen LogP contribution in [-0.4, -0.2) is 33.7 Å². The monoisotopic (exact) mass is 274 g/mol. The highest BCUT2D eigenvalue weighted by Gasteiger charge is 2.36. The fourth-order valence-electron chi connectivity index (χ4n) is 1.34. The van der Waals surface area contributed by atoms with Crippen LogP contribution in [0.15, 0.2) is 23.0 Å². The second-order valence-electron chi connectivity index (χ2n) is 4.75. The summed E-state index contributed by atoms with van der Waals surface area (Å²) in [7, 11) is 0. The summed E-state index contributed by atoms with van der Waals surface area (Å²) in [5, 5.41) is 9.19. The summed E-state index contributed by atoms with van der Waals surface area (Å²) in [6.07, 6.45) is 1.80. The van der Waals surface area contributed by atoms with E-state index in [1.807, 2.05) is 0 Å². The molecule has 1 rings (SSSR count). The number of hydrogen-bond donors (Lipinski definition) is 2. The van der Waals surface area contributed by atoms with Gasteiger partial charge in [-0.25, -0.2) is 9.59 Å². The number of carboxylic acids is 1. The summed E-state index contributed by atoms with van der Waals surface area (Å²) in [5.74, 6) is -1.28. The van der Waals surface area contributed by atoms with Crippen LogP contribution in [0.5, 0.6) is 0 Å². The van der Waals surface area contributed by atoms with Gasteiger partial charge in [-0.3, -0.25) is 4.90 Å². The number of hydrogen-bond acceptors (Lipinski definition) is 4. The van der Waals surface area contributed by atoms with E-state index in [-0.39, 0.29) is 10.7 Å². The van der Waals surface area contributed by atoms with Crippen molar-refractivity contribution in [3.8, 4) is 0 Å². The largest absolute Gasteiger partial charge is 0.479 e. The topological polar surface area (TPSA) is 92.9 Å². The summed E-state index contributed by atoms with van der Waals surface area (Å²) in [4.78, 5) is 23.9. The van der Waals surface area contributed by atoms with Gasteiger partial charge in [0.1, 0.15) is 5.60 Å². The Morgan fingerprint density at radius 1 is 1.50 bits per heavy atom. The van der Waals surface area contributed by atoms with Gasteiger partial charge in [-0.05, 0) is 26.8 Å². The molecule has 0 spiro atoms. The van der Waals surface area contributed by atoms with Gasteiger partial charge in [-0.15, -0.1) is 0 Å². The van der Waals surface area contributed by atoms with Gasteiger partial charge in [0.2, 0.25) is 0 Å². The molecule has 3 N–H and O–H groups in total. The number of rotatable bonds is 1. The predicted molar refractivity (Wildman–Crippen MR) is 65.7 cm³/mol. The lowest BCUT2D eigenvalue weighted by Gasteiger charge is -2.31. The molecule has 0 radical (unpaired) electrons. The Labute approximate surface area is 110 Å². The van der Waals surface area contributed by atoms with Crippen molar-refractivity contribution in [1.29, 1.82) is 0 Å². The molecule has 1 aliphatic rings. The number of allylic oxidation sites excluding steroid dienone is 2. The molecule has 1 heterocycles. The first-order valence-corrected chi connectivity index (χ1v) is 5.59. The number of carboxylic acid groups (broad SMARTS) is 1. The van der Waals surface area contributed by atoms with Crippen LogP contribution in [0.3, 0.4) is 0 Å². The van der Waals surface area contributed by atoms with E-state index in [0.717, 1.165) is 4.90 Å². The number of ether oxygens (including phenoxy) is 1. The average molecular weight is 275 g/mol. The molecule has 1 unspecified atom stereocenters. The molecule has 0 saturated carbocycles. The quantitative estimate of drug-likeness (QED) is 0.758. The molecule has 0 fully saturated rings. The van der Waals surface area contributed by atoms with Gasteiger partial charge in [0.05, 0.1) is 10.7 Å². The molecule has 0 aromatic heterocycles. The van der Waals surface area contributed by atoms with E-state index in [2.05, 4.69) is 0 Å². The van der Waals surface area contributed by atoms with Crippen molar-refractivity contribution in [2.75, 3.05) is 0 Å². The van der Waals surface area contributed by atoms with Crippen LogP contribution >= 0.6 is 11.6 Å². The van der Waals surface area contributed by atoms with Crippen molar-refractivity contribution < 1.29 is 19.4 Å². The predicted octanol–water partition coefficient (Wildman–Crippen LogP) is 1.61. The van der Waals surface area contributed by atoms with E-state index < -0.39 is 23.7 Å². The third kappa shape index (κ3) is 3.16. The standard InChI is InChI=1S/C11H15ClN2O4/c1-11(2,3)18-10(17)14-5-4-6(12)7(13)8(14)9(15)16/h4-5,8H,13H2,1-3H3,(H,15,16). The van der Waals surface area contributed by atoms with Crippen molar-refractivity contribution in [2.24, 2.45) is 5.73 Å². The first kappa shape index (κ1) is 14.4. The fraction of sp³-hybridized carbons (Fsp3) is 0.455. The Morgan fingerprint density at radius 3 is 2.50 bits per heavy atom. The number of carbonyl (C=O) groups is 2. The summed E-state index contributed by atoms with van der Waals surface area (Å²) < 4.78 is 5.09. The minimum Gasteiger partial charge on any atom is -0.479 e. The molecule has 7 heteroatoms. The molecule has 0 bridgehead atoms. The lowest BCUT2D eigenvalue weighted by Crippen LogP contribution is -2.48. The highest BCUT2D eigenvalue weighted by molar-refractivity contribution is 6.32. The second kappa shape index (κ2) is 4.89. The summed E-state index contributed by atoms with van der Waals surface area (Å²) in [6.45, 7) is 5.04.